The van der Waals surface area contributed by atoms with Gasteiger partial charge in [0.1, 0.15) is 6.04 Å². The first-order valence-electron chi connectivity index (χ1n) is 4.61. The van der Waals surface area contributed by atoms with Crippen LogP contribution in [-0.4, -0.2) is 36.0 Å². The normalized spacial score (nSPS) is 28.7. The first-order valence-corrected chi connectivity index (χ1v) is 4.61. The highest BCUT2D eigenvalue weighted by atomic mass is 16.2. The summed E-state index contributed by atoms with van der Waals surface area (Å²) in [5.74, 6) is 0.0581. The number of nitriles is 1. The summed E-state index contributed by atoms with van der Waals surface area (Å²) in [5, 5.41) is 11.6. The summed E-state index contributed by atoms with van der Waals surface area (Å²) < 4.78 is 0. The zero-order valence-corrected chi connectivity index (χ0v) is 8.08. The van der Waals surface area contributed by atoms with E-state index in [0.29, 0.717) is 0 Å². The molecule has 0 bridgehead atoms. The molecule has 0 aliphatic carbocycles. The number of piperazine rings is 1. The Morgan fingerprint density at radius 3 is 3.00 bits per heavy atom. The lowest BCUT2D eigenvalue weighted by Crippen LogP contribution is -2.58. The van der Waals surface area contributed by atoms with Crippen LogP contribution < -0.4 is 5.32 Å². The maximum Gasteiger partial charge on any atom is 0.241 e. The van der Waals surface area contributed by atoms with E-state index in [1.165, 1.54) is 0 Å². The first kappa shape index (κ1) is 10.0. The monoisotopic (exact) mass is 181 g/mol. The average Bonchev–Trinajstić information content (AvgIpc) is 2.11. The Balaban J connectivity index is 2.65. The average molecular weight is 181 g/mol. The highest BCUT2D eigenvalue weighted by Crippen LogP contribution is 2.09. The third-order valence-corrected chi connectivity index (χ3v) is 2.41. The van der Waals surface area contributed by atoms with E-state index in [0.717, 1.165) is 13.1 Å². The van der Waals surface area contributed by atoms with Gasteiger partial charge in [-0.3, -0.25) is 4.79 Å². The van der Waals surface area contributed by atoms with Gasteiger partial charge in [-0.25, -0.2) is 0 Å². The second-order valence-corrected chi connectivity index (χ2v) is 3.30. The Labute approximate surface area is 78.5 Å². The second-order valence-electron chi connectivity index (χ2n) is 3.30. The van der Waals surface area contributed by atoms with Crippen molar-refractivity contribution in [2.75, 3.05) is 13.1 Å². The zero-order valence-electron chi connectivity index (χ0n) is 8.08. The zero-order chi connectivity index (χ0) is 9.84. The molecule has 0 aromatic rings. The molecular formula is C9H15N3O. The van der Waals surface area contributed by atoms with Gasteiger partial charge >= 0.3 is 0 Å². The molecule has 72 valence electrons. The predicted molar refractivity (Wildman–Crippen MR) is 48.9 cm³/mol. The summed E-state index contributed by atoms with van der Waals surface area (Å²) >= 11 is 0. The number of nitrogens with one attached hydrogen (secondary N) is 1. The van der Waals surface area contributed by atoms with Crippen molar-refractivity contribution in [1.82, 2.24) is 10.2 Å². The minimum atomic E-state index is -0.291. The fraction of sp³-hybridized carbons (Fsp3) is 0.778. The van der Waals surface area contributed by atoms with Gasteiger partial charge in [0, 0.05) is 19.1 Å². The molecule has 0 radical (unpaired) electrons. The number of nitrogens with zero attached hydrogens (tertiary/aromatic N) is 2. The Hall–Kier alpha value is -1.08. The summed E-state index contributed by atoms with van der Waals surface area (Å²) in [4.78, 5) is 13.5. The number of likely N-dealkylation sites (N-methyl/N-ethyl adjacent to an activating group) is 1. The molecule has 4 heteroatoms. The topological polar surface area (TPSA) is 56.1 Å². The van der Waals surface area contributed by atoms with Crippen molar-refractivity contribution in [2.24, 2.45) is 0 Å². The Bertz CT molecular complexity index is 234. The van der Waals surface area contributed by atoms with E-state index >= 15 is 0 Å². The molecule has 1 aliphatic heterocycles. The molecule has 0 spiro atoms. The molecule has 0 saturated carbocycles. The van der Waals surface area contributed by atoms with Gasteiger partial charge in [0.15, 0.2) is 0 Å². The van der Waals surface area contributed by atoms with E-state index in [1.807, 2.05) is 24.8 Å². The lowest BCUT2D eigenvalue weighted by Gasteiger charge is -2.36. The van der Waals surface area contributed by atoms with Crippen molar-refractivity contribution in [3.63, 3.8) is 0 Å². The molecule has 13 heavy (non-hydrogen) atoms. The van der Waals surface area contributed by atoms with E-state index in [1.54, 1.807) is 0 Å². The van der Waals surface area contributed by atoms with Crippen molar-refractivity contribution in [3.8, 4) is 6.07 Å². The van der Waals surface area contributed by atoms with Gasteiger partial charge in [0.05, 0.1) is 12.5 Å². The van der Waals surface area contributed by atoms with Crippen LogP contribution in [0.4, 0.5) is 0 Å². The van der Waals surface area contributed by atoms with Gasteiger partial charge in [-0.1, -0.05) is 0 Å². The number of hydrogen-bond acceptors (Lipinski definition) is 3. The van der Waals surface area contributed by atoms with Gasteiger partial charge in [0.25, 0.3) is 0 Å². The van der Waals surface area contributed by atoms with Crippen molar-refractivity contribution in [3.05, 3.63) is 0 Å². The number of amides is 1. The number of hydrogen-bond donors (Lipinski definition) is 1. The van der Waals surface area contributed by atoms with Crippen molar-refractivity contribution < 1.29 is 4.79 Å². The van der Waals surface area contributed by atoms with Crippen LogP contribution in [-0.2, 0) is 4.79 Å². The molecule has 0 aromatic carbocycles. The van der Waals surface area contributed by atoms with Crippen LogP contribution >= 0.6 is 0 Å². The van der Waals surface area contributed by atoms with E-state index in [2.05, 4.69) is 5.32 Å². The summed E-state index contributed by atoms with van der Waals surface area (Å²) in [5.41, 5.74) is 0. The third kappa shape index (κ3) is 1.99. The van der Waals surface area contributed by atoms with Gasteiger partial charge in [0.2, 0.25) is 5.91 Å². The Morgan fingerprint density at radius 1 is 1.77 bits per heavy atom. The van der Waals surface area contributed by atoms with Gasteiger partial charge in [-0.2, -0.15) is 5.26 Å². The summed E-state index contributed by atoms with van der Waals surface area (Å²) in [7, 11) is 0. The SMILES string of the molecule is CCN1C(=O)C(CC#N)NCC1C. The van der Waals surface area contributed by atoms with Crippen LogP contribution in [0.3, 0.4) is 0 Å². The van der Waals surface area contributed by atoms with E-state index in [9.17, 15) is 4.79 Å². The van der Waals surface area contributed by atoms with Gasteiger partial charge < -0.3 is 10.2 Å². The summed E-state index contributed by atoms with van der Waals surface area (Å²) in [6.07, 6.45) is 0.266. The first-order chi connectivity index (χ1) is 6.20. The van der Waals surface area contributed by atoms with Crippen molar-refractivity contribution in [2.45, 2.75) is 32.4 Å². The molecule has 2 atom stereocenters. The second kappa shape index (κ2) is 4.24. The molecule has 1 saturated heterocycles. The molecule has 1 aliphatic rings. The molecule has 2 unspecified atom stereocenters. The fourth-order valence-electron chi connectivity index (χ4n) is 1.65. The quantitative estimate of drug-likeness (QED) is 0.657. The number of rotatable bonds is 2. The minimum Gasteiger partial charge on any atom is -0.338 e. The van der Waals surface area contributed by atoms with Crippen molar-refractivity contribution >= 4 is 5.91 Å². The summed E-state index contributed by atoms with van der Waals surface area (Å²) in [6, 6.07) is 1.97. The van der Waals surface area contributed by atoms with E-state index < -0.39 is 0 Å². The smallest absolute Gasteiger partial charge is 0.241 e. The molecule has 1 rings (SSSR count). The van der Waals surface area contributed by atoms with Crippen LogP contribution in [0.1, 0.15) is 20.3 Å². The minimum absolute atomic E-state index is 0.0581. The van der Waals surface area contributed by atoms with Gasteiger partial charge in [-0.15, -0.1) is 0 Å². The number of carbonyl (C=O) groups excluding carboxylic acids is 1. The third-order valence-electron chi connectivity index (χ3n) is 2.41. The lowest BCUT2D eigenvalue weighted by atomic mass is 10.1. The molecule has 0 aromatic heterocycles. The fourth-order valence-corrected chi connectivity index (χ4v) is 1.65. The lowest BCUT2D eigenvalue weighted by molar-refractivity contribution is -0.137. The van der Waals surface area contributed by atoms with E-state index in [4.69, 9.17) is 5.26 Å². The molecule has 4 nitrogen and oxygen atoms in total. The largest absolute Gasteiger partial charge is 0.338 e. The molecule has 1 N–H and O–H groups in total. The van der Waals surface area contributed by atoms with Crippen LogP contribution in [0, 0.1) is 11.3 Å². The molecule has 1 amide bonds. The molecular weight excluding hydrogens is 166 g/mol. The standard InChI is InChI=1S/C9H15N3O/c1-3-12-7(2)6-11-8(4-5-10)9(12)13/h7-8,11H,3-4,6H2,1-2H3. The Kier molecular flexibility index (Phi) is 3.26. The molecule has 1 heterocycles. The van der Waals surface area contributed by atoms with Crippen LogP contribution in [0.2, 0.25) is 0 Å². The maximum absolute atomic E-state index is 11.7. The predicted octanol–water partition coefficient (Wildman–Crippen LogP) is 0.109. The van der Waals surface area contributed by atoms with Crippen LogP contribution in [0.25, 0.3) is 0 Å². The van der Waals surface area contributed by atoms with Crippen molar-refractivity contribution in [1.29, 1.82) is 5.26 Å². The van der Waals surface area contributed by atoms with E-state index in [-0.39, 0.29) is 24.4 Å². The van der Waals surface area contributed by atoms with Crippen LogP contribution in [0.15, 0.2) is 0 Å². The summed E-state index contributed by atoms with van der Waals surface area (Å²) in [6.45, 7) is 5.48. The number of carbonyl (C=O) groups is 1. The van der Waals surface area contributed by atoms with Gasteiger partial charge in [-0.05, 0) is 13.8 Å². The highest BCUT2D eigenvalue weighted by molar-refractivity contribution is 5.83. The maximum atomic E-state index is 11.7. The molecule has 1 fully saturated rings. The van der Waals surface area contributed by atoms with Crippen LogP contribution in [0.5, 0.6) is 0 Å². The highest BCUT2D eigenvalue weighted by Gasteiger charge is 2.31. The Morgan fingerprint density at radius 2 is 2.46 bits per heavy atom.